The molecule has 6 heteroatoms. The minimum absolute atomic E-state index is 0.0525. The molecule has 1 saturated carbocycles. The Morgan fingerprint density at radius 3 is 2.83 bits per heavy atom. The average Bonchev–Trinajstić information content (AvgIpc) is 3.33. The van der Waals surface area contributed by atoms with E-state index in [4.69, 9.17) is 11.6 Å². The summed E-state index contributed by atoms with van der Waals surface area (Å²) in [5, 5.41) is 14.9. The number of hydrogen-bond donors (Lipinski definition) is 3. The lowest BCUT2D eigenvalue weighted by atomic mass is 10.2. The Bertz CT molecular complexity index is 885. The highest BCUT2D eigenvalue weighted by Gasteiger charge is 2.30. The number of nitrogens with zero attached hydrogens (tertiary/aromatic N) is 1. The Balaban J connectivity index is 1.59. The highest BCUT2D eigenvalue weighted by molar-refractivity contribution is 6.33. The van der Waals surface area contributed by atoms with Gasteiger partial charge in [0.15, 0.2) is 5.82 Å². The smallest absolute Gasteiger partial charge is 0.228 e. The van der Waals surface area contributed by atoms with E-state index in [0.717, 1.165) is 35.1 Å². The molecular weight excluding hydrogens is 312 g/mol. The fourth-order valence-electron chi connectivity index (χ4n) is 2.48. The Labute approximate surface area is 138 Å². The first-order valence-electron chi connectivity index (χ1n) is 7.51. The van der Waals surface area contributed by atoms with Gasteiger partial charge in [-0.1, -0.05) is 23.7 Å². The normalized spacial score (nSPS) is 14.0. The lowest BCUT2D eigenvalue weighted by Crippen LogP contribution is -2.13. The number of para-hydroxylation sites is 1. The molecule has 3 N–H and O–H groups in total. The molecule has 23 heavy (non-hydrogen) atoms. The molecule has 1 aliphatic carbocycles. The number of H-pyrrole nitrogens is 1. The third-order valence-corrected chi connectivity index (χ3v) is 4.24. The van der Waals surface area contributed by atoms with Gasteiger partial charge in [0.2, 0.25) is 5.91 Å². The zero-order valence-corrected chi connectivity index (χ0v) is 13.0. The number of benzene rings is 2. The number of nitrogens with one attached hydrogen (secondary N) is 3. The number of anilines is 3. The number of hydrogen-bond acceptors (Lipinski definition) is 3. The van der Waals surface area contributed by atoms with Gasteiger partial charge in [-0.15, -0.1) is 0 Å². The monoisotopic (exact) mass is 326 g/mol. The third kappa shape index (κ3) is 2.87. The average molecular weight is 327 g/mol. The summed E-state index contributed by atoms with van der Waals surface area (Å²) in [4.78, 5) is 11.9. The summed E-state index contributed by atoms with van der Waals surface area (Å²) in [7, 11) is 0. The Kier molecular flexibility index (Phi) is 3.42. The first-order valence-corrected chi connectivity index (χ1v) is 7.89. The van der Waals surface area contributed by atoms with Gasteiger partial charge >= 0.3 is 0 Å². The number of halogens is 1. The quantitative estimate of drug-likeness (QED) is 0.669. The predicted molar refractivity (Wildman–Crippen MR) is 92.2 cm³/mol. The number of aromatic nitrogens is 2. The summed E-state index contributed by atoms with van der Waals surface area (Å²) < 4.78 is 0. The maximum Gasteiger partial charge on any atom is 0.228 e. The summed E-state index contributed by atoms with van der Waals surface area (Å²) in [6.07, 6.45) is 1.94. The highest BCUT2D eigenvalue weighted by Crippen LogP contribution is 2.32. The van der Waals surface area contributed by atoms with E-state index >= 15 is 0 Å². The number of rotatable bonds is 4. The van der Waals surface area contributed by atoms with Gasteiger partial charge in [-0.25, -0.2) is 0 Å². The van der Waals surface area contributed by atoms with Crippen molar-refractivity contribution in [3.63, 3.8) is 0 Å². The summed E-state index contributed by atoms with van der Waals surface area (Å²) in [5.41, 5.74) is 2.60. The van der Waals surface area contributed by atoms with Gasteiger partial charge in [0.05, 0.1) is 16.2 Å². The van der Waals surface area contributed by atoms with Crippen molar-refractivity contribution in [1.82, 2.24) is 10.2 Å². The van der Waals surface area contributed by atoms with Crippen LogP contribution in [0.5, 0.6) is 0 Å². The van der Waals surface area contributed by atoms with E-state index < -0.39 is 0 Å². The number of amides is 1. The molecule has 0 unspecified atom stereocenters. The van der Waals surface area contributed by atoms with E-state index in [-0.39, 0.29) is 11.8 Å². The SMILES string of the molecule is O=C(Nc1n[nH]c2cc(Nc3ccccc3Cl)ccc12)C1CC1. The molecule has 0 atom stereocenters. The molecule has 0 bridgehead atoms. The second-order valence-corrected chi connectivity index (χ2v) is 6.11. The van der Waals surface area contributed by atoms with Crippen LogP contribution in [-0.2, 0) is 4.79 Å². The van der Waals surface area contributed by atoms with Crippen LogP contribution in [0, 0.1) is 5.92 Å². The fourth-order valence-corrected chi connectivity index (χ4v) is 2.66. The van der Waals surface area contributed by atoms with Crippen molar-refractivity contribution in [1.29, 1.82) is 0 Å². The van der Waals surface area contributed by atoms with Crippen molar-refractivity contribution in [2.24, 2.45) is 5.92 Å². The van der Waals surface area contributed by atoms with Gasteiger partial charge in [-0.05, 0) is 43.2 Å². The number of aromatic amines is 1. The van der Waals surface area contributed by atoms with Gasteiger partial charge < -0.3 is 10.6 Å². The zero-order valence-electron chi connectivity index (χ0n) is 12.3. The second-order valence-electron chi connectivity index (χ2n) is 5.70. The minimum atomic E-state index is 0.0525. The highest BCUT2D eigenvalue weighted by atomic mass is 35.5. The van der Waals surface area contributed by atoms with Crippen molar-refractivity contribution in [2.75, 3.05) is 10.6 Å². The largest absolute Gasteiger partial charge is 0.354 e. The van der Waals surface area contributed by atoms with E-state index in [0.29, 0.717) is 10.8 Å². The Morgan fingerprint density at radius 2 is 2.04 bits per heavy atom. The molecule has 0 saturated heterocycles. The number of carbonyl (C=O) groups is 1. The zero-order chi connectivity index (χ0) is 15.8. The van der Waals surface area contributed by atoms with E-state index in [1.165, 1.54) is 0 Å². The van der Waals surface area contributed by atoms with E-state index in [2.05, 4.69) is 20.8 Å². The van der Waals surface area contributed by atoms with Crippen LogP contribution in [0.15, 0.2) is 42.5 Å². The molecule has 4 rings (SSSR count). The fraction of sp³-hybridized carbons (Fsp3) is 0.176. The van der Waals surface area contributed by atoms with Crippen LogP contribution in [-0.4, -0.2) is 16.1 Å². The van der Waals surface area contributed by atoms with Crippen LogP contribution in [0.25, 0.3) is 10.9 Å². The van der Waals surface area contributed by atoms with Crippen molar-refractivity contribution < 1.29 is 4.79 Å². The number of carbonyl (C=O) groups excluding carboxylic acids is 1. The van der Waals surface area contributed by atoms with Crippen LogP contribution in [0.1, 0.15) is 12.8 Å². The maximum absolute atomic E-state index is 11.9. The molecule has 1 amide bonds. The standard InChI is InChI=1S/C17H15ClN4O/c18-13-3-1-2-4-14(13)19-11-7-8-12-15(9-11)21-22-16(12)20-17(23)10-5-6-10/h1-4,7-10,19H,5-6H2,(H2,20,21,22,23). The first kappa shape index (κ1) is 14.1. The van der Waals surface area contributed by atoms with Gasteiger partial charge in [0.25, 0.3) is 0 Å². The predicted octanol–water partition coefficient (Wildman–Crippen LogP) is 4.31. The van der Waals surface area contributed by atoms with E-state index in [9.17, 15) is 4.79 Å². The first-order chi connectivity index (χ1) is 11.2. The molecule has 1 fully saturated rings. The summed E-state index contributed by atoms with van der Waals surface area (Å²) in [6.45, 7) is 0. The van der Waals surface area contributed by atoms with Crippen LogP contribution in [0.4, 0.5) is 17.2 Å². The van der Waals surface area contributed by atoms with Crippen LogP contribution in [0.3, 0.4) is 0 Å². The molecule has 2 aromatic carbocycles. The van der Waals surface area contributed by atoms with E-state index in [1.54, 1.807) is 0 Å². The van der Waals surface area contributed by atoms with Crippen molar-refractivity contribution >= 4 is 45.6 Å². The molecule has 3 aromatic rings. The van der Waals surface area contributed by atoms with Crippen LogP contribution in [0.2, 0.25) is 5.02 Å². The van der Waals surface area contributed by atoms with Crippen molar-refractivity contribution in [3.05, 3.63) is 47.5 Å². The molecular formula is C17H15ClN4O. The van der Waals surface area contributed by atoms with Crippen LogP contribution >= 0.6 is 11.6 Å². The van der Waals surface area contributed by atoms with Crippen LogP contribution < -0.4 is 10.6 Å². The molecule has 1 aromatic heterocycles. The molecule has 0 aliphatic heterocycles. The molecule has 1 heterocycles. The Morgan fingerprint density at radius 1 is 1.22 bits per heavy atom. The third-order valence-electron chi connectivity index (χ3n) is 3.91. The summed E-state index contributed by atoms with van der Waals surface area (Å²) >= 11 is 6.16. The van der Waals surface area contributed by atoms with Crippen molar-refractivity contribution in [3.8, 4) is 0 Å². The van der Waals surface area contributed by atoms with Gasteiger partial charge in [0.1, 0.15) is 0 Å². The van der Waals surface area contributed by atoms with Gasteiger partial charge in [0, 0.05) is 17.0 Å². The summed E-state index contributed by atoms with van der Waals surface area (Å²) in [5.74, 6) is 0.792. The lowest BCUT2D eigenvalue weighted by molar-refractivity contribution is -0.117. The summed E-state index contributed by atoms with van der Waals surface area (Å²) in [6, 6.07) is 13.4. The second kappa shape index (κ2) is 5.59. The molecule has 0 spiro atoms. The number of fused-ring (bicyclic) bond motifs is 1. The molecule has 5 nitrogen and oxygen atoms in total. The van der Waals surface area contributed by atoms with Gasteiger partial charge in [-0.3, -0.25) is 9.89 Å². The topological polar surface area (TPSA) is 69.8 Å². The van der Waals surface area contributed by atoms with Crippen molar-refractivity contribution in [2.45, 2.75) is 12.8 Å². The maximum atomic E-state index is 11.9. The lowest BCUT2D eigenvalue weighted by Gasteiger charge is -2.08. The molecule has 0 radical (unpaired) electrons. The Hall–Kier alpha value is -2.53. The minimum Gasteiger partial charge on any atom is -0.354 e. The van der Waals surface area contributed by atoms with Gasteiger partial charge in [-0.2, -0.15) is 5.10 Å². The molecule has 116 valence electrons. The van der Waals surface area contributed by atoms with E-state index in [1.807, 2.05) is 42.5 Å². The molecule has 1 aliphatic rings.